The Morgan fingerprint density at radius 3 is 2.95 bits per heavy atom. The van der Waals surface area contributed by atoms with Gasteiger partial charge in [0.25, 0.3) is 0 Å². The Hall–Kier alpha value is -2.54. The number of anilines is 1. The van der Waals surface area contributed by atoms with Gasteiger partial charge in [0.15, 0.2) is 0 Å². The van der Waals surface area contributed by atoms with E-state index >= 15 is 0 Å². The zero-order valence-corrected chi connectivity index (χ0v) is 11.2. The van der Waals surface area contributed by atoms with Crippen LogP contribution < -0.4 is 4.90 Å². The van der Waals surface area contributed by atoms with E-state index in [1.165, 1.54) is 6.20 Å². The van der Waals surface area contributed by atoms with Gasteiger partial charge in [-0.15, -0.1) is 4.48 Å². The Morgan fingerprint density at radius 1 is 1.35 bits per heavy atom. The Bertz CT molecular complexity index is 679. The molecule has 0 amide bonds. The molecule has 3 rings (SSSR count). The predicted molar refractivity (Wildman–Crippen MR) is 76.1 cm³/mol. The molecule has 20 heavy (non-hydrogen) atoms. The van der Waals surface area contributed by atoms with Crippen molar-refractivity contribution in [2.75, 3.05) is 11.4 Å². The maximum absolute atomic E-state index is 13.5. The van der Waals surface area contributed by atoms with Crippen molar-refractivity contribution in [3.63, 3.8) is 0 Å². The molecule has 0 aliphatic carbocycles. The highest BCUT2D eigenvalue weighted by Gasteiger charge is 2.22. The van der Waals surface area contributed by atoms with E-state index in [2.05, 4.69) is 12.1 Å². The zero-order valence-electron chi connectivity index (χ0n) is 11.2. The van der Waals surface area contributed by atoms with Crippen LogP contribution in [0.1, 0.15) is 17.5 Å². The molecular formula is C16H14FN3. The van der Waals surface area contributed by atoms with Gasteiger partial charge < -0.3 is 4.90 Å². The number of nitrogens with zero attached hydrogens (tertiary/aromatic N) is 3. The molecule has 0 unspecified atom stereocenters. The van der Waals surface area contributed by atoms with Gasteiger partial charge >= 0.3 is 0 Å². The first-order valence-corrected chi connectivity index (χ1v) is 6.49. The van der Waals surface area contributed by atoms with Gasteiger partial charge in [-0.1, -0.05) is 12.2 Å². The minimum atomic E-state index is 0.298. The van der Waals surface area contributed by atoms with Crippen LogP contribution in [0.25, 0.3) is 0 Å². The molecule has 0 aromatic heterocycles. The first kappa shape index (κ1) is 12.5. The highest BCUT2D eigenvalue weighted by molar-refractivity contribution is 5.66. The molecule has 0 atom stereocenters. The van der Waals surface area contributed by atoms with Crippen molar-refractivity contribution in [1.82, 2.24) is 5.12 Å². The van der Waals surface area contributed by atoms with Crippen molar-refractivity contribution in [3.8, 4) is 6.07 Å². The molecule has 1 aromatic carbocycles. The van der Waals surface area contributed by atoms with Crippen LogP contribution in [0.5, 0.6) is 0 Å². The number of fused-ring (bicyclic) bond motifs is 1. The number of nitriles is 1. The van der Waals surface area contributed by atoms with Gasteiger partial charge in [0.05, 0.1) is 30.1 Å². The molecule has 4 heteroatoms. The molecule has 2 aliphatic heterocycles. The van der Waals surface area contributed by atoms with Crippen LogP contribution in [0.15, 0.2) is 54.0 Å². The second kappa shape index (κ2) is 4.86. The number of halogens is 1. The largest absolute Gasteiger partial charge is 0.315 e. The second-order valence-electron chi connectivity index (χ2n) is 4.90. The van der Waals surface area contributed by atoms with Gasteiger partial charge in [-0.2, -0.15) is 5.26 Å². The fourth-order valence-corrected chi connectivity index (χ4v) is 2.55. The van der Waals surface area contributed by atoms with E-state index in [0.717, 1.165) is 28.9 Å². The highest BCUT2D eigenvalue weighted by Crippen LogP contribution is 2.34. The predicted octanol–water partition coefficient (Wildman–Crippen LogP) is 3.56. The van der Waals surface area contributed by atoms with Crippen LogP contribution in [-0.4, -0.2) is 11.7 Å². The number of hydrogen-bond acceptors (Lipinski definition) is 3. The molecule has 2 heterocycles. The van der Waals surface area contributed by atoms with E-state index in [1.807, 2.05) is 36.2 Å². The van der Waals surface area contributed by atoms with Crippen molar-refractivity contribution in [2.45, 2.75) is 13.3 Å². The standard InChI is InChI=1S/C16H14FN3/c1-12-9-13(10-18)4-5-15(12)20-7-2-3-14-6-8-19(17)11-16(14)20/h2,4-7,9,11H,3,8H2,1H3. The Kier molecular flexibility index (Phi) is 3.03. The molecule has 0 N–H and O–H groups in total. The summed E-state index contributed by atoms with van der Waals surface area (Å²) in [6.07, 6.45) is 8.28. The quantitative estimate of drug-likeness (QED) is 0.729. The number of aryl methyl sites for hydroxylation is 1. The summed E-state index contributed by atoms with van der Waals surface area (Å²) in [6, 6.07) is 7.66. The van der Waals surface area contributed by atoms with Crippen LogP contribution in [0.3, 0.4) is 0 Å². The summed E-state index contributed by atoms with van der Waals surface area (Å²) < 4.78 is 13.5. The minimum absolute atomic E-state index is 0.298. The van der Waals surface area contributed by atoms with Gasteiger partial charge in [0, 0.05) is 11.9 Å². The lowest BCUT2D eigenvalue weighted by Gasteiger charge is -2.32. The summed E-state index contributed by atoms with van der Waals surface area (Å²) in [5, 5.41) is 9.62. The van der Waals surface area contributed by atoms with Crippen LogP contribution in [0.4, 0.5) is 10.2 Å². The van der Waals surface area contributed by atoms with Crippen molar-refractivity contribution in [3.05, 3.63) is 65.1 Å². The first-order valence-electron chi connectivity index (χ1n) is 6.49. The summed E-state index contributed by atoms with van der Waals surface area (Å²) in [5.41, 5.74) is 4.58. The van der Waals surface area contributed by atoms with Crippen LogP contribution in [0.2, 0.25) is 0 Å². The minimum Gasteiger partial charge on any atom is -0.315 e. The van der Waals surface area contributed by atoms with Crippen LogP contribution in [0, 0.1) is 18.3 Å². The molecule has 0 spiro atoms. The third-order valence-corrected chi connectivity index (χ3v) is 3.54. The number of benzene rings is 1. The summed E-state index contributed by atoms with van der Waals surface area (Å²) >= 11 is 0. The zero-order chi connectivity index (χ0) is 14.1. The molecule has 1 aromatic rings. The third-order valence-electron chi connectivity index (χ3n) is 3.54. The Balaban J connectivity index is 2.05. The summed E-state index contributed by atoms with van der Waals surface area (Å²) in [5.74, 6) is 0. The lowest BCUT2D eigenvalue weighted by Crippen LogP contribution is -2.26. The van der Waals surface area contributed by atoms with Crippen molar-refractivity contribution < 1.29 is 4.48 Å². The SMILES string of the molecule is Cc1cc(C#N)ccc1N1C=CCC2=CCN(F)C=C21. The molecule has 0 radical (unpaired) electrons. The van der Waals surface area contributed by atoms with E-state index in [0.29, 0.717) is 17.2 Å². The van der Waals surface area contributed by atoms with Gasteiger partial charge in [-0.05, 0) is 42.7 Å². The van der Waals surface area contributed by atoms with E-state index in [9.17, 15) is 4.48 Å². The average Bonchev–Trinajstić information content (AvgIpc) is 2.46. The van der Waals surface area contributed by atoms with Gasteiger partial charge in [-0.3, -0.25) is 0 Å². The third kappa shape index (κ3) is 2.08. The molecule has 0 saturated heterocycles. The summed E-state index contributed by atoms with van der Waals surface area (Å²) in [4.78, 5) is 1.97. The maximum Gasteiger partial charge on any atom is 0.0991 e. The molecule has 100 valence electrons. The van der Waals surface area contributed by atoms with Gasteiger partial charge in [0.1, 0.15) is 0 Å². The smallest absolute Gasteiger partial charge is 0.0991 e. The fourth-order valence-electron chi connectivity index (χ4n) is 2.55. The summed E-state index contributed by atoms with van der Waals surface area (Å²) in [6.45, 7) is 2.26. The molecule has 2 aliphatic rings. The van der Waals surface area contributed by atoms with E-state index in [1.54, 1.807) is 6.07 Å². The Morgan fingerprint density at radius 2 is 2.20 bits per heavy atom. The van der Waals surface area contributed by atoms with Crippen LogP contribution in [-0.2, 0) is 0 Å². The lowest BCUT2D eigenvalue weighted by atomic mass is 10.0. The average molecular weight is 267 g/mol. The topological polar surface area (TPSA) is 30.3 Å². The highest BCUT2D eigenvalue weighted by atomic mass is 19.2. The van der Waals surface area contributed by atoms with Gasteiger partial charge in [-0.25, -0.2) is 5.12 Å². The van der Waals surface area contributed by atoms with Gasteiger partial charge in [0.2, 0.25) is 0 Å². The molecule has 0 saturated carbocycles. The first-order chi connectivity index (χ1) is 9.69. The van der Waals surface area contributed by atoms with Crippen molar-refractivity contribution >= 4 is 5.69 Å². The molecule has 0 fully saturated rings. The molecule has 0 bridgehead atoms. The maximum atomic E-state index is 13.5. The summed E-state index contributed by atoms with van der Waals surface area (Å²) in [7, 11) is 0. The molecule has 3 nitrogen and oxygen atoms in total. The molecular weight excluding hydrogens is 253 g/mol. The second-order valence-corrected chi connectivity index (χ2v) is 4.90. The monoisotopic (exact) mass is 267 g/mol. The number of allylic oxidation sites excluding steroid dienone is 2. The fraction of sp³-hybridized carbons (Fsp3) is 0.188. The van der Waals surface area contributed by atoms with E-state index in [4.69, 9.17) is 5.26 Å². The normalized spacial score (nSPS) is 17.2. The van der Waals surface area contributed by atoms with Crippen molar-refractivity contribution in [1.29, 1.82) is 5.26 Å². The lowest BCUT2D eigenvalue weighted by molar-refractivity contribution is 0.102. The van der Waals surface area contributed by atoms with E-state index < -0.39 is 0 Å². The van der Waals surface area contributed by atoms with E-state index in [-0.39, 0.29) is 0 Å². The Labute approximate surface area is 117 Å². The number of hydrogen-bond donors (Lipinski definition) is 0. The van der Waals surface area contributed by atoms with Crippen LogP contribution >= 0.6 is 0 Å². The number of rotatable bonds is 1. The van der Waals surface area contributed by atoms with Crippen molar-refractivity contribution in [2.24, 2.45) is 0 Å².